The highest BCUT2D eigenvalue weighted by molar-refractivity contribution is 7.22. The van der Waals surface area contributed by atoms with Crippen LogP contribution >= 0.6 is 46.9 Å². The van der Waals surface area contributed by atoms with Crippen LogP contribution in [0.4, 0.5) is 10.8 Å². The summed E-state index contributed by atoms with van der Waals surface area (Å²) in [6.07, 6.45) is 0.702. The van der Waals surface area contributed by atoms with Gasteiger partial charge in [-0.1, -0.05) is 34.5 Å². The van der Waals surface area contributed by atoms with Crippen molar-refractivity contribution in [2.24, 2.45) is 0 Å². The molecule has 1 aromatic heterocycles. The Kier molecular flexibility index (Phi) is 9.08. The molecule has 182 valence electrons. The summed E-state index contributed by atoms with van der Waals surface area (Å²) in [6.45, 7) is 6.17. The number of amides is 1. The summed E-state index contributed by atoms with van der Waals surface area (Å²) >= 11 is 13.9. The van der Waals surface area contributed by atoms with Crippen LogP contribution in [0.25, 0.3) is 10.2 Å². The number of nitrogens with zero attached hydrogens (tertiary/aromatic N) is 4. The Bertz CT molecular complexity index is 1200. The van der Waals surface area contributed by atoms with E-state index in [-0.39, 0.29) is 28.7 Å². The molecule has 0 atom stereocenters. The predicted molar refractivity (Wildman–Crippen MR) is 138 cm³/mol. The van der Waals surface area contributed by atoms with Crippen LogP contribution in [0, 0.1) is 17.0 Å². The highest BCUT2D eigenvalue weighted by atomic mass is 35.5. The van der Waals surface area contributed by atoms with Crippen molar-refractivity contribution in [2.75, 3.05) is 44.3 Å². The molecule has 0 aliphatic carbocycles. The number of anilines is 1. The van der Waals surface area contributed by atoms with Crippen LogP contribution in [-0.4, -0.2) is 60.1 Å². The Balaban J connectivity index is 0.00000324. The first-order valence-corrected chi connectivity index (χ1v) is 12.0. The molecule has 0 saturated carbocycles. The van der Waals surface area contributed by atoms with Gasteiger partial charge in [-0.2, -0.15) is 0 Å². The van der Waals surface area contributed by atoms with Crippen molar-refractivity contribution in [1.29, 1.82) is 0 Å². The summed E-state index contributed by atoms with van der Waals surface area (Å²) in [6, 6.07) is 7.56. The van der Waals surface area contributed by atoms with E-state index in [1.54, 1.807) is 4.90 Å². The number of halogens is 3. The van der Waals surface area contributed by atoms with Gasteiger partial charge in [0.2, 0.25) is 0 Å². The number of fused-ring (bicyclic) bond motifs is 1. The minimum Gasteiger partial charge on any atom is -0.379 e. The number of thiazole rings is 1. The van der Waals surface area contributed by atoms with Gasteiger partial charge in [0.15, 0.2) is 5.13 Å². The third kappa shape index (κ3) is 5.79. The summed E-state index contributed by atoms with van der Waals surface area (Å²) in [5, 5.41) is 12.5. The number of nitro benzene ring substituents is 1. The van der Waals surface area contributed by atoms with Crippen molar-refractivity contribution in [3.8, 4) is 0 Å². The van der Waals surface area contributed by atoms with Crippen LogP contribution in [0.1, 0.15) is 22.3 Å². The maximum atomic E-state index is 13.6. The van der Waals surface area contributed by atoms with Gasteiger partial charge < -0.3 is 4.74 Å². The average molecular weight is 546 g/mol. The lowest BCUT2D eigenvalue weighted by Crippen LogP contribution is -2.39. The SMILES string of the molecule is Cc1c(Cl)ccc2sc(N(CCCN3CCOCC3)C(=O)c3cc([N+](=O)[O-])ccc3Cl)nc12.Cl. The van der Waals surface area contributed by atoms with E-state index in [4.69, 9.17) is 32.9 Å². The van der Waals surface area contributed by atoms with E-state index in [9.17, 15) is 14.9 Å². The van der Waals surface area contributed by atoms with Crippen LogP contribution in [-0.2, 0) is 4.74 Å². The van der Waals surface area contributed by atoms with E-state index in [2.05, 4.69) is 4.90 Å². The topological polar surface area (TPSA) is 88.8 Å². The second-order valence-corrected chi connectivity index (χ2v) is 9.52. The molecule has 2 aromatic carbocycles. The van der Waals surface area contributed by atoms with Gasteiger partial charge in [0.1, 0.15) is 0 Å². The van der Waals surface area contributed by atoms with Crippen molar-refractivity contribution in [1.82, 2.24) is 9.88 Å². The smallest absolute Gasteiger partial charge is 0.270 e. The number of morpholine rings is 1. The summed E-state index contributed by atoms with van der Waals surface area (Å²) in [7, 11) is 0. The molecule has 0 N–H and O–H groups in total. The van der Waals surface area contributed by atoms with E-state index in [1.807, 2.05) is 19.1 Å². The maximum absolute atomic E-state index is 13.6. The van der Waals surface area contributed by atoms with Gasteiger partial charge in [-0.05, 0) is 37.1 Å². The lowest BCUT2D eigenvalue weighted by atomic mass is 10.1. The molecule has 1 fully saturated rings. The number of hydrogen-bond acceptors (Lipinski definition) is 7. The first-order valence-electron chi connectivity index (χ1n) is 10.5. The predicted octanol–water partition coefficient (Wildman–Crippen LogP) is 5.61. The number of carbonyl (C=O) groups excluding carboxylic acids is 1. The molecular weight excluding hydrogens is 523 g/mol. The zero-order chi connectivity index (χ0) is 23.5. The summed E-state index contributed by atoms with van der Waals surface area (Å²) in [5.41, 5.74) is 1.46. The highest BCUT2D eigenvalue weighted by Gasteiger charge is 2.26. The molecule has 34 heavy (non-hydrogen) atoms. The van der Waals surface area contributed by atoms with E-state index in [1.165, 1.54) is 29.5 Å². The van der Waals surface area contributed by atoms with Gasteiger partial charge in [-0.25, -0.2) is 4.98 Å². The zero-order valence-electron chi connectivity index (χ0n) is 18.3. The Hall–Kier alpha value is -2.01. The van der Waals surface area contributed by atoms with Crippen LogP contribution in [0.5, 0.6) is 0 Å². The Morgan fingerprint density at radius 3 is 2.65 bits per heavy atom. The summed E-state index contributed by atoms with van der Waals surface area (Å²) in [5.74, 6) is -0.423. The largest absolute Gasteiger partial charge is 0.379 e. The Morgan fingerprint density at radius 1 is 1.24 bits per heavy atom. The van der Waals surface area contributed by atoms with E-state index in [0.717, 1.165) is 35.4 Å². The molecule has 0 bridgehead atoms. The van der Waals surface area contributed by atoms with Crippen LogP contribution < -0.4 is 4.90 Å². The number of hydrogen-bond donors (Lipinski definition) is 0. The molecule has 0 spiro atoms. The highest BCUT2D eigenvalue weighted by Crippen LogP contribution is 2.35. The molecule has 1 aliphatic heterocycles. The minimum atomic E-state index is -0.543. The molecule has 1 amide bonds. The number of aryl methyl sites for hydroxylation is 1. The molecule has 4 rings (SSSR count). The second-order valence-electron chi connectivity index (χ2n) is 7.70. The fourth-order valence-electron chi connectivity index (χ4n) is 3.70. The van der Waals surface area contributed by atoms with Crippen molar-refractivity contribution in [3.63, 3.8) is 0 Å². The fraction of sp³-hybridized carbons (Fsp3) is 0.364. The summed E-state index contributed by atoms with van der Waals surface area (Å²) < 4.78 is 6.30. The van der Waals surface area contributed by atoms with Gasteiger partial charge in [-0.15, -0.1) is 12.4 Å². The van der Waals surface area contributed by atoms with Crippen molar-refractivity contribution >= 4 is 73.9 Å². The van der Waals surface area contributed by atoms with Gasteiger partial charge in [0, 0.05) is 43.3 Å². The molecule has 0 radical (unpaired) electrons. The maximum Gasteiger partial charge on any atom is 0.270 e. The van der Waals surface area contributed by atoms with Crippen LogP contribution in [0.15, 0.2) is 30.3 Å². The van der Waals surface area contributed by atoms with E-state index in [0.29, 0.717) is 36.3 Å². The molecule has 1 saturated heterocycles. The minimum absolute atomic E-state index is 0. The number of non-ortho nitro benzene ring substituents is 1. The number of carbonyl (C=O) groups is 1. The lowest BCUT2D eigenvalue weighted by molar-refractivity contribution is -0.384. The molecule has 12 heteroatoms. The molecular formula is C22H23Cl3N4O4S. The lowest BCUT2D eigenvalue weighted by Gasteiger charge is -2.27. The number of aromatic nitrogens is 1. The quantitative estimate of drug-likeness (QED) is 0.283. The Labute approximate surface area is 217 Å². The van der Waals surface area contributed by atoms with Gasteiger partial charge in [-0.3, -0.25) is 24.7 Å². The third-order valence-electron chi connectivity index (χ3n) is 5.56. The standard InChI is InChI=1S/C22H22Cl2N4O4S.ClH/c1-14-17(23)5-6-19-20(14)25-22(33-19)27(8-2-7-26-9-11-32-12-10-26)21(29)16-13-15(28(30)31)3-4-18(16)24;/h3-6,13H,2,7-12H2,1H3;1H. The van der Waals surface area contributed by atoms with Gasteiger partial charge >= 0.3 is 0 Å². The zero-order valence-corrected chi connectivity index (χ0v) is 21.5. The number of nitro groups is 1. The Morgan fingerprint density at radius 2 is 1.94 bits per heavy atom. The molecule has 2 heterocycles. The van der Waals surface area contributed by atoms with Crippen molar-refractivity contribution < 1.29 is 14.5 Å². The van der Waals surface area contributed by atoms with Crippen LogP contribution in [0.3, 0.4) is 0 Å². The van der Waals surface area contributed by atoms with E-state index >= 15 is 0 Å². The fourth-order valence-corrected chi connectivity index (χ4v) is 5.10. The van der Waals surface area contributed by atoms with Crippen molar-refractivity contribution in [2.45, 2.75) is 13.3 Å². The second kappa shape index (κ2) is 11.6. The summed E-state index contributed by atoms with van der Waals surface area (Å²) in [4.78, 5) is 32.8. The molecule has 0 unspecified atom stereocenters. The monoisotopic (exact) mass is 544 g/mol. The number of benzene rings is 2. The van der Waals surface area contributed by atoms with Crippen molar-refractivity contribution in [3.05, 3.63) is 61.6 Å². The van der Waals surface area contributed by atoms with Gasteiger partial charge in [0.25, 0.3) is 11.6 Å². The molecule has 8 nitrogen and oxygen atoms in total. The molecule has 1 aliphatic rings. The molecule has 3 aromatic rings. The number of rotatable bonds is 7. The normalized spacial score (nSPS) is 14.1. The van der Waals surface area contributed by atoms with Gasteiger partial charge in [0.05, 0.1) is 38.9 Å². The van der Waals surface area contributed by atoms with Crippen LogP contribution in [0.2, 0.25) is 10.0 Å². The first-order chi connectivity index (χ1) is 15.8. The average Bonchev–Trinajstić information content (AvgIpc) is 3.24. The van der Waals surface area contributed by atoms with E-state index < -0.39 is 10.8 Å². The third-order valence-corrected chi connectivity index (χ3v) is 7.35. The first kappa shape index (κ1) is 26.6. The number of ether oxygens (including phenoxy) is 1.